The molecule has 0 saturated carbocycles. The van der Waals surface area contributed by atoms with E-state index >= 15 is 0 Å². The van der Waals surface area contributed by atoms with E-state index in [9.17, 15) is 4.79 Å². The van der Waals surface area contributed by atoms with Gasteiger partial charge in [0.2, 0.25) is 0 Å². The topological polar surface area (TPSA) is 74.7 Å². The zero-order valence-electron chi connectivity index (χ0n) is 13.0. The van der Waals surface area contributed by atoms with E-state index in [1.807, 2.05) is 48.7 Å². The van der Waals surface area contributed by atoms with Crippen molar-refractivity contribution in [2.45, 2.75) is 6.42 Å². The number of aromatic nitrogens is 3. The van der Waals surface area contributed by atoms with Crippen molar-refractivity contribution in [1.29, 1.82) is 0 Å². The standard InChI is InChI=1S/C18H17N5O/c24-18(22-23-12-21-16-7-3-4-8-17(16)23)19-10-9-13-11-20-15-6-2-1-5-14(13)15/h1-8,11-12,20H,9-10H2,(H2,19,22,24). The minimum atomic E-state index is -0.252. The van der Waals surface area contributed by atoms with Crippen molar-refractivity contribution >= 4 is 28.0 Å². The highest BCUT2D eigenvalue weighted by Gasteiger charge is 2.06. The molecular formula is C18H17N5O. The lowest BCUT2D eigenvalue weighted by Crippen LogP contribution is -2.35. The molecule has 0 fully saturated rings. The number of carbonyl (C=O) groups is 1. The predicted molar refractivity (Wildman–Crippen MR) is 94.5 cm³/mol. The minimum absolute atomic E-state index is 0.252. The van der Waals surface area contributed by atoms with E-state index in [-0.39, 0.29) is 6.03 Å². The number of nitrogens with zero attached hydrogens (tertiary/aromatic N) is 2. The Bertz CT molecular complexity index is 1000. The number of para-hydroxylation sites is 3. The van der Waals surface area contributed by atoms with E-state index in [2.05, 4.69) is 26.8 Å². The van der Waals surface area contributed by atoms with Gasteiger partial charge in [0.05, 0.1) is 11.0 Å². The third-order valence-corrected chi connectivity index (χ3v) is 4.03. The number of hydrogen-bond donors (Lipinski definition) is 3. The number of amides is 2. The van der Waals surface area contributed by atoms with Gasteiger partial charge in [-0.05, 0) is 30.2 Å². The normalized spacial score (nSPS) is 11.0. The summed E-state index contributed by atoms with van der Waals surface area (Å²) in [5, 5.41) is 4.07. The highest BCUT2D eigenvalue weighted by Crippen LogP contribution is 2.17. The Morgan fingerprint density at radius 1 is 1.12 bits per heavy atom. The van der Waals surface area contributed by atoms with Crippen LogP contribution in [0.25, 0.3) is 21.9 Å². The summed E-state index contributed by atoms with van der Waals surface area (Å²) in [4.78, 5) is 19.6. The van der Waals surface area contributed by atoms with Crippen molar-refractivity contribution in [2.24, 2.45) is 0 Å². The van der Waals surface area contributed by atoms with E-state index in [0.29, 0.717) is 6.54 Å². The van der Waals surface area contributed by atoms with Crippen molar-refractivity contribution in [3.05, 3.63) is 66.6 Å². The summed E-state index contributed by atoms with van der Waals surface area (Å²) < 4.78 is 1.62. The van der Waals surface area contributed by atoms with Crippen molar-refractivity contribution in [2.75, 3.05) is 12.0 Å². The summed E-state index contributed by atoms with van der Waals surface area (Å²) in [7, 11) is 0. The molecule has 2 aromatic carbocycles. The maximum atomic E-state index is 12.1. The van der Waals surface area contributed by atoms with Crippen LogP contribution >= 0.6 is 0 Å². The van der Waals surface area contributed by atoms with Gasteiger partial charge >= 0.3 is 6.03 Å². The Morgan fingerprint density at radius 2 is 1.96 bits per heavy atom. The Hall–Kier alpha value is -3.28. The molecule has 2 amide bonds. The SMILES string of the molecule is O=C(NCCc1c[nH]c2ccccc12)Nn1cnc2ccccc21. The fourth-order valence-corrected chi connectivity index (χ4v) is 2.85. The molecule has 0 spiro atoms. The van der Waals surface area contributed by atoms with Crippen molar-refractivity contribution in [3.8, 4) is 0 Å². The number of H-pyrrole nitrogens is 1. The Morgan fingerprint density at radius 3 is 2.92 bits per heavy atom. The number of benzene rings is 2. The molecule has 0 aliphatic heterocycles. The first kappa shape index (κ1) is 14.3. The number of carbonyl (C=O) groups excluding carboxylic acids is 1. The number of fused-ring (bicyclic) bond motifs is 2. The molecule has 6 heteroatoms. The van der Waals surface area contributed by atoms with Crippen molar-refractivity contribution < 1.29 is 4.79 Å². The Kier molecular flexibility index (Phi) is 3.63. The van der Waals surface area contributed by atoms with Gasteiger partial charge < -0.3 is 10.3 Å². The molecule has 0 unspecified atom stereocenters. The van der Waals surface area contributed by atoms with Crippen LogP contribution in [0.1, 0.15) is 5.56 Å². The number of nitrogens with one attached hydrogen (secondary N) is 3. The molecule has 2 heterocycles. The van der Waals surface area contributed by atoms with Gasteiger partial charge in [-0.2, -0.15) is 0 Å². The van der Waals surface area contributed by atoms with Gasteiger partial charge in [0.25, 0.3) is 0 Å². The van der Waals surface area contributed by atoms with E-state index in [1.54, 1.807) is 11.0 Å². The van der Waals surface area contributed by atoms with Gasteiger partial charge in [-0.25, -0.2) is 19.9 Å². The second kappa shape index (κ2) is 6.08. The van der Waals surface area contributed by atoms with Crippen LogP contribution < -0.4 is 10.7 Å². The Labute approximate surface area is 138 Å². The lowest BCUT2D eigenvalue weighted by molar-refractivity contribution is 0.250. The van der Waals surface area contributed by atoms with Crippen LogP contribution in [0.4, 0.5) is 4.79 Å². The summed E-state index contributed by atoms with van der Waals surface area (Å²) in [5.74, 6) is 0. The fraction of sp³-hybridized carbons (Fsp3) is 0.111. The molecule has 120 valence electrons. The summed E-state index contributed by atoms with van der Waals surface area (Å²) in [6, 6.07) is 15.5. The quantitative estimate of drug-likeness (QED) is 0.541. The molecule has 0 atom stereocenters. The second-order valence-electron chi connectivity index (χ2n) is 5.58. The second-order valence-corrected chi connectivity index (χ2v) is 5.58. The van der Waals surface area contributed by atoms with E-state index in [1.165, 1.54) is 10.9 Å². The smallest absolute Gasteiger partial charge is 0.333 e. The number of urea groups is 1. The van der Waals surface area contributed by atoms with Crippen LogP contribution in [0.5, 0.6) is 0 Å². The zero-order valence-corrected chi connectivity index (χ0v) is 13.0. The Balaban J connectivity index is 1.37. The fourth-order valence-electron chi connectivity index (χ4n) is 2.85. The summed E-state index contributed by atoms with van der Waals surface area (Å²) in [5.41, 5.74) is 6.79. The molecule has 3 N–H and O–H groups in total. The van der Waals surface area contributed by atoms with Gasteiger partial charge in [0.1, 0.15) is 6.33 Å². The molecule has 4 rings (SSSR count). The lowest BCUT2D eigenvalue weighted by Gasteiger charge is -2.08. The predicted octanol–water partition coefficient (Wildman–Crippen LogP) is 3.01. The summed E-state index contributed by atoms with van der Waals surface area (Å²) >= 11 is 0. The number of rotatable bonds is 4. The van der Waals surface area contributed by atoms with Gasteiger partial charge in [-0.1, -0.05) is 30.3 Å². The maximum absolute atomic E-state index is 12.1. The third-order valence-electron chi connectivity index (χ3n) is 4.03. The average molecular weight is 319 g/mol. The van der Waals surface area contributed by atoms with Crippen molar-refractivity contribution in [3.63, 3.8) is 0 Å². The number of aromatic amines is 1. The van der Waals surface area contributed by atoms with Gasteiger partial charge in [-0.3, -0.25) is 0 Å². The van der Waals surface area contributed by atoms with E-state index in [4.69, 9.17) is 0 Å². The maximum Gasteiger partial charge on any atom is 0.333 e. The van der Waals surface area contributed by atoms with Crippen LogP contribution in [0, 0.1) is 0 Å². The molecule has 4 aromatic rings. The first-order chi connectivity index (χ1) is 11.8. The van der Waals surface area contributed by atoms with Gasteiger partial charge in [0, 0.05) is 23.6 Å². The van der Waals surface area contributed by atoms with E-state index < -0.39 is 0 Å². The first-order valence-corrected chi connectivity index (χ1v) is 7.83. The van der Waals surface area contributed by atoms with Crippen LogP contribution in [0.15, 0.2) is 61.1 Å². The van der Waals surface area contributed by atoms with Gasteiger partial charge in [0.15, 0.2) is 0 Å². The summed E-state index contributed by atoms with van der Waals surface area (Å²) in [6.45, 7) is 0.556. The molecule has 24 heavy (non-hydrogen) atoms. The average Bonchev–Trinajstić information content (AvgIpc) is 3.20. The molecule has 0 aliphatic rings. The molecule has 2 aromatic heterocycles. The van der Waals surface area contributed by atoms with Gasteiger partial charge in [-0.15, -0.1) is 0 Å². The molecule has 6 nitrogen and oxygen atoms in total. The molecular weight excluding hydrogens is 302 g/mol. The highest BCUT2D eigenvalue weighted by molar-refractivity contribution is 5.85. The molecule has 0 bridgehead atoms. The van der Waals surface area contributed by atoms with E-state index in [0.717, 1.165) is 23.0 Å². The monoisotopic (exact) mass is 319 g/mol. The molecule has 0 radical (unpaired) electrons. The number of hydrogen-bond acceptors (Lipinski definition) is 2. The van der Waals surface area contributed by atoms with Crippen molar-refractivity contribution in [1.82, 2.24) is 20.0 Å². The first-order valence-electron chi connectivity index (χ1n) is 7.83. The zero-order chi connectivity index (χ0) is 16.4. The number of imidazole rings is 1. The lowest BCUT2D eigenvalue weighted by atomic mass is 10.1. The highest BCUT2D eigenvalue weighted by atomic mass is 16.2. The minimum Gasteiger partial charge on any atom is -0.361 e. The van der Waals surface area contributed by atoms with Crippen LogP contribution in [0.3, 0.4) is 0 Å². The van der Waals surface area contributed by atoms with Crippen LogP contribution in [-0.2, 0) is 6.42 Å². The summed E-state index contributed by atoms with van der Waals surface area (Å²) in [6.07, 6.45) is 4.36. The van der Waals surface area contributed by atoms with Crippen LogP contribution in [-0.4, -0.2) is 27.2 Å². The molecule has 0 aliphatic carbocycles. The molecule has 0 saturated heterocycles. The largest absolute Gasteiger partial charge is 0.361 e. The van der Waals surface area contributed by atoms with Crippen LogP contribution in [0.2, 0.25) is 0 Å². The third kappa shape index (κ3) is 2.69.